The lowest BCUT2D eigenvalue weighted by molar-refractivity contribution is -0.192. The van der Waals surface area contributed by atoms with E-state index in [-0.39, 0.29) is 17.2 Å². The molecular weight excluding hydrogens is 632 g/mol. The fraction of sp³-hybridized carbons (Fsp3) is 0.467. The number of hydrogen-bond acceptors (Lipinski definition) is 5. The molecule has 2 fully saturated rings. The predicted octanol–water partition coefficient (Wildman–Crippen LogP) is 5.98. The van der Waals surface area contributed by atoms with Gasteiger partial charge in [0, 0.05) is 65.0 Å². The topological polar surface area (TPSA) is 93.1 Å². The summed E-state index contributed by atoms with van der Waals surface area (Å²) >= 11 is 12.8. The van der Waals surface area contributed by atoms with E-state index >= 15 is 0 Å². The molecule has 3 aliphatic heterocycles. The van der Waals surface area contributed by atoms with Gasteiger partial charge >= 0.3 is 12.1 Å². The molecule has 3 aliphatic rings. The first-order valence-corrected chi connectivity index (χ1v) is 14.8. The number of aliphatic hydroxyl groups excluding tert-OH is 1. The number of amides is 1. The summed E-state index contributed by atoms with van der Waals surface area (Å²) in [5.41, 5.74) is 2.52. The highest BCUT2D eigenvalue weighted by Gasteiger charge is 2.43. The maximum Gasteiger partial charge on any atom is 0.490 e. The van der Waals surface area contributed by atoms with E-state index in [0.29, 0.717) is 30.2 Å². The number of aliphatic carboxylic acids is 1. The minimum Gasteiger partial charge on any atom is -0.475 e. The number of carbonyl (C=O) groups excluding carboxylic acids is 1. The van der Waals surface area contributed by atoms with Crippen molar-refractivity contribution in [3.05, 3.63) is 69.2 Å². The summed E-state index contributed by atoms with van der Waals surface area (Å²) in [6.07, 6.45) is 0.629. The number of carboxylic acid groups (broad SMARTS) is 1. The number of carbonyl (C=O) groups is 2. The van der Waals surface area contributed by atoms with Crippen molar-refractivity contribution >= 4 is 46.8 Å². The number of nitrogens with one attached hydrogen (secondary N) is 1. The van der Waals surface area contributed by atoms with Crippen LogP contribution in [0, 0.1) is 17.6 Å². The van der Waals surface area contributed by atoms with Crippen molar-refractivity contribution in [2.24, 2.45) is 5.92 Å². The van der Waals surface area contributed by atoms with Crippen molar-refractivity contribution in [2.45, 2.75) is 43.4 Å². The number of hydrogen-bond donors (Lipinski definition) is 3. The molecule has 2 aromatic rings. The molecule has 0 aromatic heterocycles. The lowest BCUT2D eigenvalue weighted by atomic mass is 9.74. The van der Waals surface area contributed by atoms with Gasteiger partial charge in [0.1, 0.15) is 11.6 Å². The molecule has 14 heteroatoms. The fourth-order valence-corrected chi connectivity index (χ4v) is 6.75. The van der Waals surface area contributed by atoms with Gasteiger partial charge in [-0.2, -0.15) is 13.2 Å². The Bertz CT molecular complexity index is 1370. The van der Waals surface area contributed by atoms with Crippen LogP contribution in [0.2, 0.25) is 10.0 Å². The smallest absolute Gasteiger partial charge is 0.475 e. The Labute approximate surface area is 261 Å². The van der Waals surface area contributed by atoms with Crippen LogP contribution in [-0.4, -0.2) is 83.4 Å². The van der Waals surface area contributed by atoms with Crippen molar-refractivity contribution in [1.82, 2.24) is 9.80 Å². The maximum absolute atomic E-state index is 13.4. The van der Waals surface area contributed by atoms with Gasteiger partial charge in [0.2, 0.25) is 5.91 Å². The number of fused-ring (bicyclic) bond motifs is 2. The second-order valence-corrected chi connectivity index (χ2v) is 12.2. The van der Waals surface area contributed by atoms with Gasteiger partial charge in [-0.1, -0.05) is 23.2 Å². The lowest BCUT2D eigenvalue weighted by Crippen LogP contribution is -2.48. The molecule has 1 amide bonds. The van der Waals surface area contributed by atoms with Gasteiger partial charge in [0.05, 0.1) is 6.10 Å². The van der Waals surface area contributed by atoms with Crippen LogP contribution in [0.1, 0.15) is 36.8 Å². The number of likely N-dealkylation sites (tertiary alicyclic amines) is 2. The molecule has 44 heavy (non-hydrogen) atoms. The van der Waals surface area contributed by atoms with Gasteiger partial charge in [0.15, 0.2) is 0 Å². The summed E-state index contributed by atoms with van der Waals surface area (Å²) in [6.45, 7) is 4.35. The molecule has 0 saturated carbocycles. The van der Waals surface area contributed by atoms with E-state index in [9.17, 15) is 31.9 Å². The largest absolute Gasteiger partial charge is 0.490 e. The molecule has 0 aliphatic carbocycles. The number of β-amino-alcohol motifs (C(OH)–C–C–N with tert-alkyl or cyclic N) is 1. The molecule has 240 valence electrons. The summed E-state index contributed by atoms with van der Waals surface area (Å²) in [6, 6.07) is 6.94. The zero-order valence-electron chi connectivity index (χ0n) is 23.5. The van der Waals surface area contributed by atoms with Gasteiger partial charge in [0.25, 0.3) is 0 Å². The molecule has 3 N–H and O–H groups in total. The van der Waals surface area contributed by atoms with E-state index in [2.05, 4.69) is 10.2 Å². The Morgan fingerprint density at radius 1 is 1.02 bits per heavy atom. The van der Waals surface area contributed by atoms with Crippen LogP contribution in [0.15, 0.2) is 36.4 Å². The number of alkyl halides is 3. The van der Waals surface area contributed by atoms with E-state index < -0.39 is 29.9 Å². The highest BCUT2D eigenvalue weighted by Crippen LogP contribution is 2.48. The summed E-state index contributed by atoms with van der Waals surface area (Å²) in [7, 11) is 0. The highest BCUT2D eigenvalue weighted by molar-refractivity contribution is 6.35. The third kappa shape index (κ3) is 8.41. The number of halogens is 7. The summed E-state index contributed by atoms with van der Waals surface area (Å²) < 4.78 is 58.4. The minimum absolute atomic E-state index is 0.00889. The number of piperidine rings is 2. The van der Waals surface area contributed by atoms with Gasteiger partial charge in [-0.25, -0.2) is 13.6 Å². The normalized spacial score (nSPS) is 19.3. The second-order valence-electron chi connectivity index (χ2n) is 11.3. The first kappa shape index (κ1) is 34.0. The standard InChI is InChI=1S/C28H31Cl2F2N3O2.C2HF3O2/c29-20-13-23(30)27-24(14-20)33-17-28(27)5-9-34(10-6-28)16-25(36)19-3-7-35(8-4-19)26(37)2-1-18-11-21(31)15-22(32)12-18;3-2(4,5)1(6)7/h1-2,11-15,19,25,33,36H,3-10,16-17H2;(H,6,7)/b2-1+;. The van der Waals surface area contributed by atoms with Gasteiger partial charge < -0.3 is 25.3 Å². The maximum atomic E-state index is 13.4. The van der Waals surface area contributed by atoms with Crippen LogP contribution in [0.5, 0.6) is 0 Å². The molecule has 2 saturated heterocycles. The Morgan fingerprint density at radius 3 is 2.18 bits per heavy atom. The predicted molar refractivity (Wildman–Crippen MR) is 157 cm³/mol. The molecule has 1 unspecified atom stereocenters. The van der Waals surface area contributed by atoms with E-state index in [0.717, 1.165) is 62.1 Å². The van der Waals surface area contributed by atoms with Crippen molar-refractivity contribution in [3.63, 3.8) is 0 Å². The Morgan fingerprint density at radius 2 is 1.61 bits per heavy atom. The molecule has 0 radical (unpaired) electrons. The molecule has 1 atom stereocenters. The molecular formula is C30H32Cl2F5N3O4. The van der Waals surface area contributed by atoms with E-state index in [1.54, 1.807) is 4.90 Å². The van der Waals surface area contributed by atoms with Crippen LogP contribution >= 0.6 is 23.2 Å². The molecule has 0 bridgehead atoms. The lowest BCUT2D eigenvalue weighted by Gasteiger charge is -2.41. The first-order valence-electron chi connectivity index (χ1n) is 14.0. The van der Waals surface area contributed by atoms with Crippen LogP contribution < -0.4 is 5.32 Å². The first-order chi connectivity index (χ1) is 20.7. The molecule has 2 aromatic carbocycles. The third-order valence-electron chi connectivity index (χ3n) is 8.40. The van der Waals surface area contributed by atoms with E-state index in [1.807, 2.05) is 12.1 Å². The summed E-state index contributed by atoms with van der Waals surface area (Å²) in [4.78, 5) is 25.5. The van der Waals surface area contributed by atoms with Gasteiger partial charge in [-0.15, -0.1) is 0 Å². The average molecular weight is 664 g/mol. The summed E-state index contributed by atoms with van der Waals surface area (Å²) in [5.74, 6) is -4.17. The molecule has 1 spiro atoms. The molecule has 5 rings (SSSR count). The number of anilines is 1. The molecule has 3 heterocycles. The monoisotopic (exact) mass is 663 g/mol. The van der Waals surface area contributed by atoms with Gasteiger partial charge in [-0.05, 0) is 80.6 Å². The Kier molecular flexibility index (Phi) is 10.8. The molecule has 7 nitrogen and oxygen atoms in total. The van der Waals surface area contributed by atoms with Crippen molar-refractivity contribution in [1.29, 1.82) is 0 Å². The number of nitrogens with zero attached hydrogens (tertiary/aromatic N) is 2. The van der Waals surface area contributed by atoms with Crippen molar-refractivity contribution in [3.8, 4) is 0 Å². The Balaban J connectivity index is 0.000000566. The SMILES string of the molecule is O=C(/C=C/c1cc(F)cc(F)c1)N1CCC(C(O)CN2CCC3(CC2)CNc2cc(Cl)cc(Cl)c23)CC1.O=C(O)C(F)(F)F. The number of benzene rings is 2. The number of rotatable bonds is 5. The van der Waals surface area contributed by atoms with Crippen LogP contribution in [-0.2, 0) is 15.0 Å². The number of carboxylic acids is 1. The second kappa shape index (κ2) is 14.0. The quantitative estimate of drug-likeness (QED) is 0.269. The van der Waals surface area contributed by atoms with Crippen molar-refractivity contribution < 1.29 is 41.8 Å². The Hall–Kier alpha value is -2.93. The zero-order valence-corrected chi connectivity index (χ0v) is 25.0. The summed E-state index contributed by atoms with van der Waals surface area (Å²) in [5, 5.41) is 22.9. The third-order valence-corrected chi connectivity index (χ3v) is 8.92. The van der Waals surface area contributed by atoms with Crippen LogP contribution in [0.3, 0.4) is 0 Å². The zero-order chi connectivity index (χ0) is 32.2. The highest BCUT2D eigenvalue weighted by atomic mass is 35.5. The van der Waals surface area contributed by atoms with Crippen molar-refractivity contribution in [2.75, 3.05) is 44.6 Å². The van der Waals surface area contributed by atoms with Crippen LogP contribution in [0.25, 0.3) is 6.08 Å². The minimum atomic E-state index is -5.08. The average Bonchev–Trinajstić information content (AvgIpc) is 3.30. The van der Waals surface area contributed by atoms with E-state index in [4.69, 9.17) is 33.1 Å². The fourth-order valence-electron chi connectivity index (χ4n) is 6.06. The van der Waals surface area contributed by atoms with Gasteiger partial charge in [-0.3, -0.25) is 4.79 Å². The van der Waals surface area contributed by atoms with Crippen LogP contribution in [0.4, 0.5) is 27.6 Å². The van der Waals surface area contributed by atoms with E-state index in [1.165, 1.54) is 29.8 Å². The number of aliphatic hydroxyl groups is 1.